The third-order valence-electron chi connectivity index (χ3n) is 4.73. The number of tetrazole rings is 1. The molecule has 3 aromatic heterocycles. The van der Waals surface area contributed by atoms with Gasteiger partial charge in [-0.25, -0.2) is 4.79 Å². The maximum Gasteiger partial charge on any atom is 0.348 e. The van der Waals surface area contributed by atoms with Crippen molar-refractivity contribution in [1.29, 1.82) is 0 Å². The molecule has 3 heterocycles. The van der Waals surface area contributed by atoms with Crippen molar-refractivity contribution in [2.75, 3.05) is 7.11 Å². The molecule has 0 amide bonds. The third kappa shape index (κ3) is 2.43. The number of nitrogens with one attached hydrogen (secondary N) is 1. The fourth-order valence-corrected chi connectivity index (χ4v) is 6.32. The van der Waals surface area contributed by atoms with Gasteiger partial charge in [0.15, 0.2) is 5.82 Å². The van der Waals surface area contributed by atoms with Gasteiger partial charge in [-0.15, -0.1) is 32.9 Å². The van der Waals surface area contributed by atoms with E-state index in [0.29, 0.717) is 10.7 Å². The Bertz CT molecular complexity index is 900. The zero-order valence-corrected chi connectivity index (χ0v) is 15.7. The minimum atomic E-state index is -0.450. The monoisotopic (exact) mass is 374 g/mol. The molecule has 1 N–H and O–H groups in total. The van der Waals surface area contributed by atoms with Crippen LogP contribution in [0.15, 0.2) is 17.5 Å². The largest absolute Gasteiger partial charge is 0.465 e. The summed E-state index contributed by atoms with van der Waals surface area (Å²) in [7, 11) is 1.42. The van der Waals surface area contributed by atoms with Crippen LogP contribution in [0.25, 0.3) is 0 Å². The van der Waals surface area contributed by atoms with Gasteiger partial charge in [0.1, 0.15) is 10.3 Å². The molecule has 0 saturated heterocycles. The molecular formula is C17H18N4O2S2. The van der Waals surface area contributed by atoms with E-state index < -0.39 is 5.41 Å². The molecule has 1 aliphatic rings. The quantitative estimate of drug-likeness (QED) is 0.709. The van der Waals surface area contributed by atoms with E-state index in [9.17, 15) is 4.79 Å². The molecule has 130 valence electrons. The first-order valence-electron chi connectivity index (χ1n) is 8.23. The lowest BCUT2D eigenvalue weighted by Gasteiger charge is -2.29. The lowest BCUT2D eigenvalue weighted by molar-refractivity contribution is 0.0606. The van der Waals surface area contributed by atoms with Gasteiger partial charge < -0.3 is 4.74 Å². The molecule has 0 radical (unpaired) electrons. The van der Waals surface area contributed by atoms with Gasteiger partial charge in [-0.3, -0.25) is 0 Å². The fourth-order valence-electron chi connectivity index (χ4n) is 3.72. The first-order chi connectivity index (χ1) is 12.2. The fraction of sp³-hybridized carbons (Fsp3) is 0.412. The van der Waals surface area contributed by atoms with Gasteiger partial charge >= 0.3 is 5.97 Å². The minimum Gasteiger partial charge on any atom is -0.465 e. The van der Waals surface area contributed by atoms with Crippen molar-refractivity contribution in [3.8, 4) is 0 Å². The second-order valence-corrected chi connectivity index (χ2v) is 8.09. The second-order valence-electron chi connectivity index (χ2n) is 6.12. The summed E-state index contributed by atoms with van der Waals surface area (Å²) in [6, 6.07) is 4.18. The van der Waals surface area contributed by atoms with Gasteiger partial charge in [0.2, 0.25) is 0 Å². The van der Waals surface area contributed by atoms with Crippen molar-refractivity contribution in [3.05, 3.63) is 49.1 Å². The highest BCUT2D eigenvalue weighted by Crippen LogP contribution is 2.51. The maximum absolute atomic E-state index is 12.1. The number of aromatic amines is 1. The highest BCUT2D eigenvalue weighted by atomic mass is 32.1. The molecule has 0 spiro atoms. The number of esters is 1. The number of nitrogens with zero attached hydrogens (tertiary/aromatic N) is 3. The highest BCUT2D eigenvalue weighted by molar-refractivity contribution is 7.15. The van der Waals surface area contributed by atoms with E-state index in [0.717, 1.165) is 30.6 Å². The van der Waals surface area contributed by atoms with Crippen LogP contribution in [-0.2, 0) is 23.0 Å². The van der Waals surface area contributed by atoms with E-state index in [1.54, 1.807) is 11.3 Å². The van der Waals surface area contributed by atoms with E-state index >= 15 is 0 Å². The van der Waals surface area contributed by atoms with Crippen molar-refractivity contribution in [3.63, 3.8) is 0 Å². The third-order valence-corrected chi connectivity index (χ3v) is 7.17. The number of H-pyrrole nitrogens is 1. The molecular weight excluding hydrogens is 356 g/mol. The smallest absolute Gasteiger partial charge is 0.348 e. The first kappa shape index (κ1) is 16.4. The Morgan fingerprint density at radius 1 is 1.36 bits per heavy atom. The van der Waals surface area contributed by atoms with E-state index in [-0.39, 0.29) is 5.97 Å². The van der Waals surface area contributed by atoms with Gasteiger partial charge in [0, 0.05) is 9.75 Å². The Kier molecular flexibility index (Phi) is 4.16. The van der Waals surface area contributed by atoms with Crippen LogP contribution >= 0.6 is 22.7 Å². The molecule has 0 fully saturated rings. The molecule has 0 aromatic carbocycles. The van der Waals surface area contributed by atoms with Gasteiger partial charge in [0.25, 0.3) is 0 Å². The van der Waals surface area contributed by atoms with Crippen LogP contribution in [-0.4, -0.2) is 33.7 Å². The van der Waals surface area contributed by atoms with Gasteiger partial charge in [0.05, 0.1) is 7.11 Å². The number of aryl methyl sites for hydroxylation is 2. The number of methoxy groups -OCH3 is 1. The molecule has 3 aromatic rings. The summed E-state index contributed by atoms with van der Waals surface area (Å²) in [6.45, 7) is 2.16. The Balaban J connectivity index is 2.02. The molecule has 0 saturated carbocycles. The summed E-state index contributed by atoms with van der Waals surface area (Å²) in [5.74, 6) is 0.391. The number of hydrogen-bond donors (Lipinski definition) is 1. The highest BCUT2D eigenvalue weighted by Gasteiger charge is 2.46. The number of fused-ring (bicyclic) bond motifs is 2. The van der Waals surface area contributed by atoms with E-state index in [1.165, 1.54) is 34.5 Å². The van der Waals surface area contributed by atoms with Gasteiger partial charge in [-0.05, 0) is 47.9 Å². The summed E-state index contributed by atoms with van der Waals surface area (Å²) in [6.07, 6.45) is 3.69. The zero-order valence-electron chi connectivity index (χ0n) is 14.0. The van der Waals surface area contributed by atoms with Gasteiger partial charge in [-0.1, -0.05) is 18.6 Å². The zero-order chi connectivity index (χ0) is 17.4. The first-order valence-corrected chi connectivity index (χ1v) is 9.92. The van der Waals surface area contributed by atoms with Crippen molar-refractivity contribution in [1.82, 2.24) is 20.6 Å². The molecule has 0 bridgehead atoms. The van der Waals surface area contributed by atoms with Crippen LogP contribution in [0.5, 0.6) is 0 Å². The number of carbonyl (C=O) groups is 1. The lowest BCUT2D eigenvalue weighted by atomic mass is 9.78. The van der Waals surface area contributed by atoms with Crippen molar-refractivity contribution in [2.45, 2.75) is 38.0 Å². The summed E-state index contributed by atoms with van der Waals surface area (Å²) in [5.41, 5.74) is 2.08. The molecule has 25 heavy (non-hydrogen) atoms. The maximum atomic E-state index is 12.1. The van der Waals surface area contributed by atoms with Crippen LogP contribution in [0.1, 0.15) is 56.1 Å². The van der Waals surface area contributed by atoms with Crippen LogP contribution in [0.4, 0.5) is 0 Å². The Morgan fingerprint density at radius 2 is 2.20 bits per heavy atom. The number of rotatable bonds is 4. The number of ether oxygens (including phenoxy) is 1. The molecule has 1 unspecified atom stereocenters. The average molecular weight is 374 g/mol. The van der Waals surface area contributed by atoms with E-state index in [1.807, 2.05) is 6.07 Å². The number of hydrogen-bond acceptors (Lipinski definition) is 7. The van der Waals surface area contributed by atoms with E-state index in [4.69, 9.17) is 4.74 Å². The lowest BCUT2D eigenvalue weighted by Crippen LogP contribution is -2.30. The predicted molar refractivity (Wildman–Crippen MR) is 96.4 cm³/mol. The number of aromatic nitrogens is 4. The number of carbonyl (C=O) groups excluding carboxylic acids is 1. The van der Waals surface area contributed by atoms with Crippen LogP contribution in [0.2, 0.25) is 0 Å². The topological polar surface area (TPSA) is 80.8 Å². The standard InChI is InChI=1S/C17H18N4O2S2/c1-3-7-17(16-18-20-21-19-16)13-10(6-8-24-13)4-5-11-9-12(15(22)23-2)25-14(11)17/h6,8-9H,3-5,7H2,1-2H3,(H,18,19,20,21). The molecule has 1 atom stereocenters. The Labute approximate surface area is 153 Å². The van der Waals surface area contributed by atoms with Crippen LogP contribution < -0.4 is 0 Å². The Hall–Kier alpha value is -2.06. The average Bonchev–Trinajstić information content (AvgIpc) is 3.37. The summed E-state index contributed by atoms with van der Waals surface area (Å²) in [5, 5.41) is 17.3. The van der Waals surface area contributed by atoms with E-state index in [2.05, 4.69) is 39.0 Å². The molecule has 8 heteroatoms. The molecule has 0 aliphatic heterocycles. The second kappa shape index (κ2) is 6.34. The summed E-state index contributed by atoms with van der Waals surface area (Å²) < 4.78 is 4.94. The Morgan fingerprint density at radius 3 is 2.92 bits per heavy atom. The van der Waals surface area contributed by atoms with Crippen molar-refractivity contribution < 1.29 is 9.53 Å². The summed E-state index contributed by atoms with van der Waals surface area (Å²) in [4.78, 5) is 15.2. The van der Waals surface area contributed by atoms with Crippen molar-refractivity contribution in [2.24, 2.45) is 0 Å². The van der Waals surface area contributed by atoms with Crippen LogP contribution in [0.3, 0.4) is 0 Å². The van der Waals surface area contributed by atoms with Crippen molar-refractivity contribution >= 4 is 28.6 Å². The number of thiophene rings is 2. The normalized spacial score (nSPS) is 19.1. The van der Waals surface area contributed by atoms with Crippen LogP contribution in [0, 0.1) is 0 Å². The SMILES string of the molecule is CCCC1(c2nn[nH]n2)c2sccc2CCc2cc(C(=O)OC)sc21. The predicted octanol–water partition coefficient (Wildman–Crippen LogP) is 3.34. The minimum absolute atomic E-state index is 0.289. The summed E-state index contributed by atoms with van der Waals surface area (Å²) >= 11 is 3.24. The molecule has 1 aliphatic carbocycles. The van der Waals surface area contributed by atoms with Gasteiger partial charge in [-0.2, -0.15) is 5.21 Å². The molecule has 6 nitrogen and oxygen atoms in total. The molecule has 4 rings (SSSR count).